The predicted octanol–water partition coefficient (Wildman–Crippen LogP) is 2.61. The van der Waals surface area contributed by atoms with Crippen LogP contribution in [0.25, 0.3) is 0 Å². The zero-order valence-corrected chi connectivity index (χ0v) is 17.1. The fraction of sp³-hybridized carbons (Fsp3) is 0.150. The van der Waals surface area contributed by atoms with Crippen molar-refractivity contribution >= 4 is 27.4 Å². The number of aromatic nitrogens is 2. The second-order valence-electron chi connectivity index (χ2n) is 6.23. The molecular weight excluding hydrogens is 408 g/mol. The van der Waals surface area contributed by atoms with Crippen LogP contribution in [0.2, 0.25) is 0 Å². The fourth-order valence-electron chi connectivity index (χ4n) is 2.40. The van der Waals surface area contributed by atoms with E-state index in [0.717, 1.165) is 5.56 Å². The van der Waals surface area contributed by atoms with Crippen molar-refractivity contribution in [1.29, 1.82) is 0 Å². The molecule has 1 aromatic heterocycles. The Morgan fingerprint density at radius 2 is 1.73 bits per heavy atom. The number of methoxy groups -OCH3 is 1. The van der Waals surface area contributed by atoms with Gasteiger partial charge in [-0.05, 0) is 43.3 Å². The lowest BCUT2D eigenvalue weighted by atomic mass is 10.2. The lowest BCUT2D eigenvalue weighted by Crippen LogP contribution is -2.20. The first kappa shape index (κ1) is 21.1. The minimum absolute atomic E-state index is 0.00832. The molecule has 9 nitrogen and oxygen atoms in total. The number of rotatable bonds is 8. The number of carbonyl (C=O) groups excluding carboxylic acids is 1. The molecule has 3 rings (SSSR count). The second-order valence-corrected chi connectivity index (χ2v) is 7.91. The van der Waals surface area contributed by atoms with Gasteiger partial charge in [-0.25, -0.2) is 18.4 Å². The van der Waals surface area contributed by atoms with Crippen LogP contribution in [0.5, 0.6) is 11.6 Å². The molecule has 1 amide bonds. The summed E-state index contributed by atoms with van der Waals surface area (Å²) in [7, 11) is -2.45. The molecule has 0 atom stereocenters. The summed E-state index contributed by atoms with van der Waals surface area (Å²) in [4.78, 5) is 19.7. The van der Waals surface area contributed by atoms with E-state index in [0.29, 0.717) is 11.4 Å². The summed E-state index contributed by atoms with van der Waals surface area (Å²) < 4.78 is 37.7. The molecule has 0 aliphatic rings. The van der Waals surface area contributed by atoms with Crippen LogP contribution in [0, 0.1) is 6.92 Å². The summed E-state index contributed by atoms with van der Waals surface area (Å²) in [6, 6.07) is 14.4. The Hall–Kier alpha value is -3.66. The van der Waals surface area contributed by atoms with Crippen LogP contribution in [-0.2, 0) is 14.8 Å². The van der Waals surface area contributed by atoms with Crippen molar-refractivity contribution in [2.24, 2.45) is 0 Å². The second kappa shape index (κ2) is 9.23. The van der Waals surface area contributed by atoms with Gasteiger partial charge >= 0.3 is 0 Å². The highest BCUT2D eigenvalue weighted by Gasteiger charge is 2.16. The number of benzene rings is 2. The van der Waals surface area contributed by atoms with E-state index in [4.69, 9.17) is 9.47 Å². The summed E-state index contributed by atoms with van der Waals surface area (Å²) in [5, 5.41) is 2.65. The molecule has 1 heterocycles. The van der Waals surface area contributed by atoms with Gasteiger partial charge < -0.3 is 14.8 Å². The SMILES string of the molecule is COc1cc(NS(=O)(=O)c2ccc(NC(=O)COc3ccc(C)cc3)cc2)ncn1. The Morgan fingerprint density at radius 1 is 1.03 bits per heavy atom. The van der Waals surface area contributed by atoms with E-state index in [1.165, 1.54) is 43.8 Å². The summed E-state index contributed by atoms with van der Waals surface area (Å²) in [5.41, 5.74) is 1.53. The number of nitrogens with one attached hydrogen (secondary N) is 2. The van der Waals surface area contributed by atoms with Crippen LogP contribution >= 0.6 is 0 Å². The first-order valence-electron chi connectivity index (χ1n) is 8.84. The molecule has 10 heteroatoms. The van der Waals surface area contributed by atoms with Gasteiger partial charge in [-0.15, -0.1) is 0 Å². The number of nitrogens with zero attached hydrogens (tertiary/aromatic N) is 2. The molecule has 0 radical (unpaired) electrons. The Morgan fingerprint density at radius 3 is 2.40 bits per heavy atom. The number of amides is 1. The van der Waals surface area contributed by atoms with E-state index >= 15 is 0 Å². The maximum absolute atomic E-state index is 12.5. The predicted molar refractivity (Wildman–Crippen MR) is 111 cm³/mol. The number of ether oxygens (including phenoxy) is 2. The van der Waals surface area contributed by atoms with Crippen molar-refractivity contribution in [3.63, 3.8) is 0 Å². The molecule has 3 aromatic rings. The van der Waals surface area contributed by atoms with Crippen molar-refractivity contribution in [2.75, 3.05) is 23.8 Å². The van der Waals surface area contributed by atoms with Gasteiger partial charge in [0.05, 0.1) is 12.0 Å². The van der Waals surface area contributed by atoms with E-state index in [1.54, 1.807) is 12.1 Å². The molecule has 0 saturated carbocycles. The van der Waals surface area contributed by atoms with Crippen molar-refractivity contribution in [2.45, 2.75) is 11.8 Å². The van der Waals surface area contributed by atoms with Crippen molar-refractivity contribution in [3.05, 3.63) is 66.5 Å². The number of anilines is 2. The van der Waals surface area contributed by atoms with Gasteiger partial charge in [0.15, 0.2) is 6.61 Å². The molecular formula is C20H20N4O5S. The molecule has 2 N–H and O–H groups in total. The quantitative estimate of drug-likeness (QED) is 0.566. The first-order valence-corrected chi connectivity index (χ1v) is 10.3. The van der Waals surface area contributed by atoms with Crippen LogP contribution in [0.15, 0.2) is 65.8 Å². The fourth-order valence-corrected chi connectivity index (χ4v) is 3.40. The topological polar surface area (TPSA) is 120 Å². The average molecular weight is 428 g/mol. The Kier molecular flexibility index (Phi) is 6.48. The normalized spacial score (nSPS) is 10.9. The molecule has 0 unspecified atom stereocenters. The molecule has 0 bridgehead atoms. The van der Waals surface area contributed by atoms with Gasteiger partial charge in [-0.1, -0.05) is 17.7 Å². The summed E-state index contributed by atoms with van der Waals surface area (Å²) >= 11 is 0. The zero-order valence-electron chi connectivity index (χ0n) is 16.3. The summed E-state index contributed by atoms with van der Waals surface area (Å²) in [6.45, 7) is 1.79. The number of hydrogen-bond donors (Lipinski definition) is 2. The van der Waals surface area contributed by atoms with E-state index in [9.17, 15) is 13.2 Å². The van der Waals surface area contributed by atoms with E-state index in [1.807, 2.05) is 19.1 Å². The highest BCUT2D eigenvalue weighted by molar-refractivity contribution is 7.92. The number of aryl methyl sites for hydroxylation is 1. The largest absolute Gasteiger partial charge is 0.484 e. The Balaban J connectivity index is 1.59. The van der Waals surface area contributed by atoms with Gasteiger partial charge in [-0.3, -0.25) is 9.52 Å². The molecule has 0 aliphatic heterocycles. The van der Waals surface area contributed by atoms with Gasteiger partial charge in [0.1, 0.15) is 17.9 Å². The van der Waals surface area contributed by atoms with E-state index < -0.39 is 10.0 Å². The third-order valence-electron chi connectivity index (χ3n) is 3.93. The first-order chi connectivity index (χ1) is 14.4. The molecule has 0 spiro atoms. The Bertz CT molecular complexity index is 1120. The van der Waals surface area contributed by atoms with Crippen molar-refractivity contribution in [1.82, 2.24) is 9.97 Å². The van der Waals surface area contributed by atoms with Gasteiger partial charge in [0.2, 0.25) is 5.88 Å². The van der Waals surface area contributed by atoms with Crippen molar-refractivity contribution in [3.8, 4) is 11.6 Å². The number of sulfonamides is 1. The molecule has 30 heavy (non-hydrogen) atoms. The zero-order chi connectivity index (χ0) is 21.6. The molecule has 0 aliphatic carbocycles. The van der Waals surface area contributed by atoms with Crippen LogP contribution < -0.4 is 19.5 Å². The third-order valence-corrected chi connectivity index (χ3v) is 5.30. The average Bonchev–Trinajstić information content (AvgIpc) is 2.73. The molecule has 0 saturated heterocycles. The third kappa shape index (κ3) is 5.67. The standard InChI is InChI=1S/C20H20N4O5S/c1-14-3-7-16(8-4-14)29-12-19(25)23-15-5-9-17(10-6-15)30(26,27)24-18-11-20(28-2)22-13-21-18/h3-11,13H,12H2,1-2H3,(H,23,25)(H,21,22,24). The lowest BCUT2D eigenvalue weighted by molar-refractivity contribution is -0.118. The summed E-state index contributed by atoms with van der Waals surface area (Å²) in [6.07, 6.45) is 1.19. The number of hydrogen-bond acceptors (Lipinski definition) is 7. The highest BCUT2D eigenvalue weighted by Crippen LogP contribution is 2.19. The maximum atomic E-state index is 12.5. The molecule has 156 valence electrons. The number of carbonyl (C=O) groups is 1. The molecule has 2 aromatic carbocycles. The lowest BCUT2D eigenvalue weighted by Gasteiger charge is -2.10. The monoisotopic (exact) mass is 428 g/mol. The molecule has 0 fully saturated rings. The van der Waals surface area contributed by atoms with E-state index in [2.05, 4.69) is 20.0 Å². The Labute approximate surface area is 174 Å². The van der Waals surface area contributed by atoms with Gasteiger partial charge in [0, 0.05) is 11.8 Å². The van der Waals surface area contributed by atoms with Gasteiger partial charge in [-0.2, -0.15) is 0 Å². The highest BCUT2D eigenvalue weighted by atomic mass is 32.2. The maximum Gasteiger partial charge on any atom is 0.263 e. The van der Waals surface area contributed by atoms with E-state index in [-0.39, 0.29) is 29.1 Å². The smallest absolute Gasteiger partial charge is 0.263 e. The van der Waals surface area contributed by atoms with Crippen LogP contribution in [0.3, 0.4) is 0 Å². The van der Waals surface area contributed by atoms with Crippen LogP contribution in [0.1, 0.15) is 5.56 Å². The van der Waals surface area contributed by atoms with Crippen LogP contribution in [0.4, 0.5) is 11.5 Å². The minimum atomic E-state index is -3.87. The van der Waals surface area contributed by atoms with Crippen molar-refractivity contribution < 1.29 is 22.7 Å². The van der Waals surface area contributed by atoms with Gasteiger partial charge in [0.25, 0.3) is 15.9 Å². The van der Waals surface area contributed by atoms with Crippen LogP contribution in [-0.4, -0.2) is 38.0 Å². The minimum Gasteiger partial charge on any atom is -0.484 e. The summed E-state index contributed by atoms with van der Waals surface area (Å²) in [5.74, 6) is 0.531.